The molecule has 152 valence electrons. The van der Waals surface area contributed by atoms with Gasteiger partial charge in [0.15, 0.2) is 11.2 Å². The van der Waals surface area contributed by atoms with Crippen LogP contribution in [0.2, 0.25) is 0 Å². The number of benzene rings is 2. The molecule has 3 rings (SSSR count). The fraction of sp³-hybridized carbons (Fsp3) is 0.158. The van der Waals surface area contributed by atoms with E-state index in [9.17, 15) is 13.2 Å². The third-order valence-corrected chi connectivity index (χ3v) is 5.61. The van der Waals surface area contributed by atoms with Crippen LogP contribution in [0.5, 0.6) is 5.75 Å². The Kier molecular flexibility index (Phi) is 6.56. The topological polar surface area (TPSA) is 97.4 Å². The largest absolute Gasteiger partial charge is 0.481 e. The third kappa shape index (κ3) is 6.28. The maximum atomic E-state index is 12.4. The van der Waals surface area contributed by atoms with Crippen molar-refractivity contribution in [3.8, 4) is 17.0 Å². The van der Waals surface area contributed by atoms with Crippen LogP contribution in [0.25, 0.3) is 11.3 Å². The van der Waals surface area contributed by atoms with Crippen molar-refractivity contribution in [2.75, 3.05) is 16.3 Å². The van der Waals surface area contributed by atoms with E-state index >= 15 is 0 Å². The number of amides is 1. The summed E-state index contributed by atoms with van der Waals surface area (Å²) in [5.74, 6) is 0.292. The normalized spacial score (nSPS) is 12.2. The predicted molar refractivity (Wildman–Crippen MR) is 119 cm³/mol. The van der Waals surface area contributed by atoms with E-state index in [1.165, 1.54) is 11.3 Å². The van der Waals surface area contributed by atoms with E-state index < -0.39 is 16.1 Å². The molecule has 10 heteroatoms. The Hall–Kier alpha value is -2.43. The maximum absolute atomic E-state index is 12.4. The first kappa shape index (κ1) is 21.3. The number of nitrogens with zero attached hydrogens (tertiary/aromatic N) is 1. The van der Waals surface area contributed by atoms with E-state index in [1.54, 1.807) is 43.3 Å². The number of anilines is 2. The van der Waals surface area contributed by atoms with Crippen LogP contribution in [-0.4, -0.2) is 31.7 Å². The summed E-state index contributed by atoms with van der Waals surface area (Å²) in [5.41, 5.74) is 1.96. The van der Waals surface area contributed by atoms with E-state index in [4.69, 9.17) is 4.74 Å². The van der Waals surface area contributed by atoms with Crippen LogP contribution in [0.4, 0.5) is 10.8 Å². The van der Waals surface area contributed by atoms with Crippen molar-refractivity contribution in [1.82, 2.24) is 4.98 Å². The molecule has 1 atom stereocenters. The summed E-state index contributed by atoms with van der Waals surface area (Å²) in [4.78, 5) is 16.8. The first-order chi connectivity index (χ1) is 13.7. The number of carbonyl (C=O) groups is 1. The molecule has 2 N–H and O–H groups in total. The summed E-state index contributed by atoms with van der Waals surface area (Å²) in [7, 11) is -3.32. The van der Waals surface area contributed by atoms with Crippen LogP contribution < -0.4 is 14.8 Å². The average molecular weight is 496 g/mol. The zero-order valence-corrected chi connectivity index (χ0v) is 18.8. The smallest absolute Gasteiger partial charge is 0.266 e. The fourth-order valence-corrected chi connectivity index (χ4v) is 3.92. The van der Waals surface area contributed by atoms with Crippen LogP contribution in [0.15, 0.2) is 58.4 Å². The Bertz CT molecular complexity index is 1100. The van der Waals surface area contributed by atoms with Gasteiger partial charge in [-0.3, -0.25) is 14.8 Å². The summed E-state index contributed by atoms with van der Waals surface area (Å²) < 4.78 is 31.5. The Morgan fingerprint density at radius 3 is 2.41 bits per heavy atom. The second kappa shape index (κ2) is 8.93. The highest BCUT2D eigenvalue weighted by molar-refractivity contribution is 9.10. The van der Waals surface area contributed by atoms with Gasteiger partial charge in [0.05, 0.1) is 11.9 Å². The van der Waals surface area contributed by atoms with E-state index in [0.29, 0.717) is 22.3 Å². The average Bonchev–Trinajstić information content (AvgIpc) is 3.11. The van der Waals surface area contributed by atoms with Gasteiger partial charge >= 0.3 is 0 Å². The first-order valence-corrected chi connectivity index (χ1v) is 12.0. The fourth-order valence-electron chi connectivity index (χ4n) is 2.36. The molecule has 0 spiro atoms. The van der Waals surface area contributed by atoms with Crippen LogP contribution >= 0.6 is 27.3 Å². The molecule has 3 aromatic rings. The molecular weight excluding hydrogens is 478 g/mol. The van der Waals surface area contributed by atoms with Gasteiger partial charge in [-0.1, -0.05) is 28.1 Å². The molecule has 0 saturated carbocycles. The van der Waals surface area contributed by atoms with Crippen molar-refractivity contribution in [3.63, 3.8) is 0 Å². The summed E-state index contributed by atoms with van der Waals surface area (Å²) in [6.45, 7) is 1.67. The lowest BCUT2D eigenvalue weighted by atomic mass is 10.1. The summed E-state index contributed by atoms with van der Waals surface area (Å²) >= 11 is 4.65. The molecule has 7 nitrogen and oxygen atoms in total. The second-order valence-electron chi connectivity index (χ2n) is 6.19. The van der Waals surface area contributed by atoms with Gasteiger partial charge in [0.1, 0.15) is 5.75 Å². The molecule has 0 aliphatic heterocycles. The minimum Gasteiger partial charge on any atom is -0.481 e. The van der Waals surface area contributed by atoms with Gasteiger partial charge < -0.3 is 4.74 Å². The van der Waals surface area contributed by atoms with Crippen LogP contribution in [0, 0.1) is 0 Å². The third-order valence-electron chi connectivity index (χ3n) is 3.71. The first-order valence-electron chi connectivity index (χ1n) is 8.46. The summed E-state index contributed by atoms with van der Waals surface area (Å²) in [6, 6.07) is 14.0. The molecule has 2 aromatic carbocycles. The van der Waals surface area contributed by atoms with Crippen molar-refractivity contribution in [2.24, 2.45) is 0 Å². The maximum Gasteiger partial charge on any atom is 0.266 e. The number of hydrogen-bond acceptors (Lipinski definition) is 6. The highest BCUT2D eigenvalue weighted by atomic mass is 79.9. The van der Waals surface area contributed by atoms with E-state index in [2.05, 4.69) is 31.0 Å². The van der Waals surface area contributed by atoms with E-state index in [0.717, 1.165) is 16.3 Å². The van der Waals surface area contributed by atoms with Gasteiger partial charge in [0.25, 0.3) is 5.91 Å². The van der Waals surface area contributed by atoms with E-state index in [-0.39, 0.29) is 5.91 Å². The second-order valence-corrected chi connectivity index (χ2v) is 9.71. The number of sulfonamides is 1. The molecule has 1 unspecified atom stereocenters. The quantitative estimate of drug-likeness (QED) is 0.507. The number of ether oxygens (including phenoxy) is 1. The molecule has 0 radical (unpaired) electrons. The lowest BCUT2D eigenvalue weighted by Gasteiger charge is -2.13. The highest BCUT2D eigenvalue weighted by Crippen LogP contribution is 2.26. The molecule has 0 aliphatic carbocycles. The van der Waals surface area contributed by atoms with Crippen molar-refractivity contribution < 1.29 is 17.9 Å². The van der Waals surface area contributed by atoms with Gasteiger partial charge in [-0.15, -0.1) is 11.3 Å². The molecule has 0 saturated heterocycles. The summed E-state index contributed by atoms with van der Waals surface area (Å²) in [6.07, 6.45) is 0.405. The number of nitrogens with one attached hydrogen (secondary N) is 2. The highest BCUT2D eigenvalue weighted by Gasteiger charge is 2.17. The molecule has 29 heavy (non-hydrogen) atoms. The van der Waals surface area contributed by atoms with Gasteiger partial charge in [-0.05, 0) is 43.3 Å². The number of aromatic nitrogens is 1. The Morgan fingerprint density at radius 1 is 1.14 bits per heavy atom. The van der Waals surface area contributed by atoms with Crippen LogP contribution in [-0.2, 0) is 14.8 Å². The number of thiazole rings is 1. The van der Waals surface area contributed by atoms with Crippen LogP contribution in [0.3, 0.4) is 0 Å². The molecule has 1 heterocycles. The molecule has 0 aliphatic rings. The monoisotopic (exact) mass is 495 g/mol. The lowest BCUT2D eigenvalue weighted by molar-refractivity contribution is -0.122. The van der Waals surface area contributed by atoms with Crippen molar-refractivity contribution >= 4 is 54.0 Å². The molecule has 0 bridgehead atoms. The van der Waals surface area contributed by atoms with Gasteiger partial charge in [0.2, 0.25) is 10.0 Å². The Morgan fingerprint density at radius 2 is 1.79 bits per heavy atom. The Balaban J connectivity index is 1.62. The summed E-state index contributed by atoms with van der Waals surface area (Å²) in [5, 5.41) is 5.02. The number of hydrogen-bond donors (Lipinski definition) is 2. The molecular formula is C19H18BrN3O4S2. The van der Waals surface area contributed by atoms with E-state index in [1.807, 2.05) is 17.5 Å². The zero-order valence-electron chi connectivity index (χ0n) is 15.5. The van der Waals surface area contributed by atoms with Crippen LogP contribution in [0.1, 0.15) is 6.92 Å². The SMILES string of the molecule is CC(Oc1ccc(Br)cc1)C(=O)Nc1nc(-c2ccc(NS(C)(=O)=O)cc2)cs1. The van der Waals surface area contributed by atoms with Gasteiger partial charge in [0, 0.05) is 21.1 Å². The zero-order chi connectivity index (χ0) is 21.0. The van der Waals surface area contributed by atoms with Gasteiger partial charge in [-0.25, -0.2) is 13.4 Å². The minimum atomic E-state index is -3.32. The standard InChI is InChI=1S/C19H18BrN3O4S2/c1-12(27-16-9-5-14(20)6-10-16)18(24)22-19-21-17(11-28-19)13-3-7-15(8-4-13)23-29(2,25)26/h3-12,23H,1-2H3,(H,21,22,24). The molecule has 1 aromatic heterocycles. The van der Waals surface area contributed by atoms with Gasteiger partial charge in [-0.2, -0.15) is 0 Å². The van der Waals surface area contributed by atoms with Crippen molar-refractivity contribution in [1.29, 1.82) is 0 Å². The molecule has 1 amide bonds. The minimum absolute atomic E-state index is 0.304. The predicted octanol–water partition coefficient (Wildman–Crippen LogP) is 4.35. The van der Waals surface area contributed by atoms with Crippen molar-refractivity contribution in [3.05, 3.63) is 58.4 Å². The number of carbonyl (C=O) groups excluding carboxylic acids is 1. The number of halogens is 1. The molecule has 0 fully saturated rings. The number of rotatable bonds is 7. The van der Waals surface area contributed by atoms with Crippen molar-refractivity contribution in [2.45, 2.75) is 13.0 Å². The Labute approximate surface area is 181 Å². The lowest BCUT2D eigenvalue weighted by Crippen LogP contribution is -2.30.